The van der Waals surface area contributed by atoms with Crippen LogP contribution in [-0.2, 0) is 13.1 Å². The molecule has 0 bridgehead atoms. The van der Waals surface area contributed by atoms with Gasteiger partial charge in [0, 0.05) is 40.1 Å². The van der Waals surface area contributed by atoms with Crippen LogP contribution in [0, 0.1) is 19.7 Å². The third-order valence-corrected chi connectivity index (χ3v) is 6.27. The number of halogens is 2. The van der Waals surface area contributed by atoms with Crippen molar-refractivity contribution in [2.24, 2.45) is 0 Å². The lowest BCUT2D eigenvalue weighted by Gasteiger charge is -2.17. The van der Waals surface area contributed by atoms with Gasteiger partial charge in [0.2, 0.25) is 0 Å². The number of nitrogens with zero attached hydrogens (tertiary/aromatic N) is 1. The Morgan fingerprint density at radius 3 is 2.46 bits per heavy atom. The van der Waals surface area contributed by atoms with Crippen LogP contribution < -0.4 is 10.4 Å². The predicted octanol–water partition coefficient (Wildman–Crippen LogP) is 4.12. The summed E-state index contributed by atoms with van der Waals surface area (Å²) in [5.74, 6) is -1.59. The molecule has 1 saturated carbocycles. The molecule has 0 atom stereocenters. The van der Waals surface area contributed by atoms with Crippen molar-refractivity contribution in [1.29, 1.82) is 0 Å². The van der Waals surface area contributed by atoms with Crippen molar-refractivity contribution in [2.75, 3.05) is 0 Å². The maximum Gasteiger partial charge on any atom is 0.129 e. The first-order chi connectivity index (χ1) is 13.4. The molecule has 0 aliphatic heterocycles. The van der Waals surface area contributed by atoms with Gasteiger partial charge >= 0.3 is 0 Å². The Morgan fingerprint density at radius 2 is 1.86 bits per heavy atom. The van der Waals surface area contributed by atoms with Gasteiger partial charge in [0.1, 0.15) is 5.82 Å². The number of carbonyl (C=O) groups excluding carboxylic acids is 1. The number of rotatable bonds is 6. The highest BCUT2D eigenvalue weighted by molar-refractivity contribution is 6.31. The molecule has 1 aliphatic rings. The molecule has 28 heavy (non-hydrogen) atoms. The van der Waals surface area contributed by atoms with Gasteiger partial charge in [-0.15, -0.1) is 0 Å². The van der Waals surface area contributed by atoms with Crippen LogP contribution in [-0.4, -0.2) is 16.6 Å². The fourth-order valence-electron chi connectivity index (χ4n) is 4.24. The first kappa shape index (κ1) is 20.9. The van der Waals surface area contributed by atoms with Crippen LogP contribution in [0.15, 0.2) is 18.2 Å². The van der Waals surface area contributed by atoms with E-state index in [4.69, 9.17) is 11.6 Å². The van der Waals surface area contributed by atoms with Crippen molar-refractivity contribution in [3.63, 3.8) is 0 Å². The lowest BCUT2D eigenvalue weighted by Crippen LogP contribution is -2.30. The fourth-order valence-corrected chi connectivity index (χ4v) is 4.47. The average Bonchev–Trinajstić information content (AvgIpc) is 2.82. The molecule has 1 heterocycles. The van der Waals surface area contributed by atoms with Crippen molar-refractivity contribution >= 4 is 17.6 Å². The highest BCUT2D eigenvalue weighted by Crippen LogP contribution is 2.27. The topological polar surface area (TPSA) is 57.1 Å². The van der Waals surface area contributed by atoms with E-state index in [1.54, 1.807) is 19.1 Å². The monoisotopic (exact) mass is 405 g/mol. The van der Waals surface area contributed by atoms with E-state index < -0.39 is 11.8 Å². The average molecular weight is 406 g/mol. The van der Waals surface area contributed by atoms with Crippen LogP contribution >= 0.6 is 11.6 Å². The molecule has 1 aliphatic carbocycles. The van der Waals surface area contributed by atoms with Gasteiger partial charge in [-0.1, -0.05) is 43.4 Å². The van der Waals surface area contributed by atoms with Crippen molar-refractivity contribution in [2.45, 2.75) is 71.5 Å². The predicted molar refractivity (Wildman–Crippen MR) is 107 cm³/mol. The smallest absolute Gasteiger partial charge is 0.129 e. The van der Waals surface area contributed by atoms with Crippen LogP contribution in [0.5, 0.6) is 0 Å². The highest BCUT2D eigenvalue weighted by Gasteiger charge is 2.21. The molecule has 0 amide bonds. The van der Waals surface area contributed by atoms with Gasteiger partial charge in [0.05, 0.1) is 12.5 Å². The van der Waals surface area contributed by atoms with Gasteiger partial charge in [0.25, 0.3) is 0 Å². The molecule has 1 aromatic heterocycles. The maximum atomic E-state index is 14.3. The third kappa shape index (κ3) is 4.41. The second-order valence-corrected chi connectivity index (χ2v) is 8.07. The van der Waals surface area contributed by atoms with E-state index in [1.165, 1.54) is 31.7 Å². The van der Waals surface area contributed by atoms with Crippen LogP contribution in [0.1, 0.15) is 71.4 Å². The number of benzene rings is 1. The second kappa shape index (κ2) is 9.10. The molecule has 2 aromatic rings. The number of aromatic nitrogens is 1. The van der Waals surface area contributed by atoms with Gasteiger partial charge in [-0.3, -0.25) is 0 Å². The summed E-state index contributed by atoms with van der Waals surface area (Å²) in [7, 11) is 0. The lowest BCUT2D eigenvalue weighted by molar-refractivity contribution is -0.255. The lowest BCUT2D eigenvalue weighted by atomic mass is 10.1. The van der Waals surface area contributed by atoms with Gasteiger partial charge < -0.3 is 19.8 Å². The minimum atomic E-state index is -1.20. The van der Waals surface area contributed by atoms with Crippen LogP contribution in [0.25, 0.3) is 0 Å². The molecule has 6 heteroatoms. The SMILES string of the molecule is Cc1c(CNC2CCCCCC2)c(C(=O)[O-])c(C)n1Cc1c(F)cccc1Cl. The van der Waals surface area contributed by atoms with E-state index in [-0.39, 0.29) is 12.1 Å². The molecular formula is C22H27ClFN2O2-. The van der Waals surface area contributed by atoms with Gasteiger partial charge in [-0.05, 0) is 44.4 Å². The van der Waals surface area contributed by atoms with E-state index in [0.717, 1.165) is 18.5 Å². The van der Waals surface area contributed by atoms with Gasteiger partial charge in [-0.25, -0.2) is 4.39 Å². The Kier molecular flexibility index (Phi) is 6.78. The number of nitrogens with one attached hydrogen (secondary N) is 1. The minimum absolute atomic E-state index is 0.187. The van der Waals surface area contributed by atoms with E-state index >= 15 is 0 Å². The Labute approximate surface area is 170 Å². The van der Waals surface area contributed by atoms with Crippen molar-refractivity contribution in [1.82, 2.24) is 9.88 Å². The zero-order valence-electron chi connectivity index (χ0n) is 16.5. The summed E-state index contributed by atoms with van der Waals surface area (Å²) < 4.78 is 16.1. The number of hydrogen-bond acceptors (Lipinski definition) is 3. The van der Waals surface area contributed by atoms with E-state index in [1.807, 2.05) is 11.5 Å². The number of carboxylic acids is 1. The molecule has 0 unspecified atom stereocenters. The summed E-state index contributed by atoms with van der Waals surface area (Å²) in [5.41, 5.74) is 2.64. The Morgan fingerprint density at radius 1 is 1.18 bits per heavy atom. The third-order valence-electron chi connectivity index (χ3n) is 5.91. The molecule has 0 saturated heterocycles. The summed E-state index contributed by atoms with van der Waals surface area (Å²) in [6, 6.07) is 4.97. The fraction of sp³-hybridized carbons (Fsp3) is 0.500. The van der Waals surface area contributed by atoms with Crippen LogP contribution in [0.2, 0.25) is 5.02 Å². The van der Waals surface area contributed by atoms with Gasteiger partial charge in [-0.2, -0.15) is 0 Å². The number of carbonyl (C=O) groups is 1. The molecule has 3 rings (SSSR count). The highest BCUT2D eigenvalue weighted by atomic mass is 35.5. The van der Waals surface area contributed by atoms with Crippen LogP contribution in [0.3, 0.4) is 0 Å². The molecule has 0 radical (unpaired) electrons. The standard InChI is InChI=1S/C22H28ClFN2O2/c1-14-17(12-25-16-8-5-3-4-6-9-16)21(22(27)28)15(2)26(14)13-18-19(23)10-7-11-20(18)24/h7,10-11,16,25H,3-6,8-9,12-13H2,1-2H3,(H,27,28)/p-1. The first-order valence-corrected chi connectivity index (χ1v) is 10.3. The second-order valence-electron chi connectivity index (χ2n) is 7.67. The molecule has 1 aromatic carbocycles. The number of hydrogen-bond donors (Lipinski definition) is 1. The van der Waals surface area contributed by atoms with Crippen molar-refractivity contribution < 1.29 is 14.3 Å². The number of aromatic carboxylic acids is 1. The summed E-state index contributed by atoms with van der Waals surface area (Å²) in [5, 5.41) is 15.7. The van der Waals surface area contributed by atoms with Crippen molar-refractivity contribution in [3.8, 4) is 0 Å². The van der Waals surface area contributed by atoms with E-state index in [2.05, 4.69) is 5.32 Å². The van der Waals surface area contributed by atoms with Crippen LogP contribution in [0.4, 0.5) is 4.39 Å². The summed E-state index contributed by atoms with van der Waals surface area (Å²) in [6.07, 6.45) is 7.17. The zero-order valence-corrected chi connectivity index (χ0v) is 17.2. The molecular weight excluding hydrogens is 379 g/mol. The summed E-state index contributed by atoms with van der Waals surface area (Å²) in [6.45, 7) is 4.27. The minimum Gasteiger partial charge on any atom is -0.545 e. The van der Waals surface area contributed by atoms with Gasteiger partial charge in [0.15, 0.2) is 0 Å². The number of carboxylic acid groups (broad SMARTS) is 1. The normalized spacial score (nSPS) is 15.6. The zero-order chi connectivity index (χ0) is 20.3. The maximum absolute atomic E-state index is 14.3. The van der Waals surface area contributed by atoms with Crippen molar-refractivity contribution in [3.05, 3.63) is 57.1 Å². The summed E-state index contributed by atoms with van der Waals surface area (Å²) in [4.78, 5) is 11.8. The first-order valence-electron chi connectivity index (χ1n) is 9.96. The van der Waals surface area contributed by atoms with E-state index in [9.17, 15) is 14.3 Å². The Bertz CT molecular complexity index is 834. The Hall–Kier alpha value is -1.85. The Balaban J connectivity index is 1.90. The molecule has 0 spiro atoms. The van der Waals surface area contributed by atoms with E-state index in [0.29, 0.717) is 34.4 Å². The molecule has 1 N–H and O–H groups in total. The summed E-state index contributed by atoms with van der Waals surface area (Å²) >= 11 is 6.18. The molecule has 4 nitrogen and oxygen atoms in total. The molecule has 152 valence electrons. The largest absolute Gasteiger partial charge is 0.545 e. The molecule has 1 fully saturated rings. The quantitative estimate of drug-likeness (QED) is 0.735.